The van der Waals surface area contributed by atoms with E-state index in [1.165, 1.54) is 6.20 Å². The Morgan fingerprint density at radius 3 is 2.75 bits per heavy atom. The fourth-order valence-electron chi connectivity index (χ4n) is 1.57. The quantitative estimate of drug-likeness (QED) is 0.788. The molecule has 0 bridgehead atoms. The lowest BCUT2D eigenvalue weighted by molar-refractivity contribution is 0.0526. The molecule has 0 aliphatic rings. The summed E-state index contributed by atoms with van der Waals surface area (Å²) in [6, 6.07) is 9.04. The monoisotopic (exact) mass is 335 g/mol. The molecular weight excluding hydrogens is 322 g/mol. The molecule has 2 rings (SSSR count). The summed E-state index contributed by atoms with van der Waals surface area (Å²) in [7, 11) is 0. The summed E-state index contributed by atoms with van der Waals surface area (Å²) in [5.74, 6) is 0.764. The van der Waals surface area contributed by atoms with Crippen molar-refractivity contribution in [3.8, 4) is 11.6 Å². The normalized spacial score (nSPS) is 10.2. The van der Waals surface area contributed by atoms with E-state index >= 15 is 0 Å². The Labute approximate surface area is 125 Å². The molecule has 1 aromatic heterocycles. The lowest BCUT2D eigenvalue weighted by Crippen LogP contribution is -2.05. The number of halogens is 1. The van der Waals surface area contributed by atoms with Crippen LogP contribution in [0, 0.1) is 6.92 Å². The maximum Gasteiger partial charge on any atom is 0.339 e. The molecule has 0 amide bonds. The molecule has 0 unspecified atom stereocenters. The van der Waals surface area contributed by atoms with E-state index in [-0.39, 0.29) is 5.97 Å². The van der Waals surface area contributed by atoms with Crippen molar-refractivity contribution < 1.29 is 14.3 Å². The molecule has 104 valence electrons. The molecule has 0 saturated carbocycles. The van der Waals surface area contributed by atoms with Crippen molar-refractivity contribution in [2.45, 2.75) is 13.8 Å². The van der Waals surface area contributed by atoms with Gasteiger partial charge in [-0.3, -0.25) is 0 Å². The Bertz CT molecular complexity index is 611. The lowest BCUT2D eigenvalue weighted by Gasteiger charge is -2.08. The van der Waals surface area contributed by atoms with Gasteiger partial charge < -0.3 is 9.47 Å². The summed E-state index contributed by atoms with van der Waals surface area (Å²) in [6.45, 7) is 4.06. The van der Waals surface area contributed by atoms with Gasteiger partial charge in [-0.25, -0.2) is 9.78 Å². The summed E-state index contributed by atoms with van der Waals surface area (Å²) in [5.41, 5.74) is 1.41. The van der Waals surface area contributed by atoms with Crippen LogP contribution in [0.15, 0.2) is 41.0 Å². The van der Waals surface area contributed by atoms with Crippen LogP contribution in [0.3, 0.4) is 0 Å². The molecule has 0 aliphatic heterocycles. The summed E-state index contributed by atoms with van der Waals surface area (Å²) < 4.78 is 11.5. The van der Waals surface area contributed by atoms with Gasteiger partial charge in [-0.05, 0) is 37.6 Å². The van der Waals surface area contributed by atoms with E-state index < -0.39 is 0 Å². The van der Waals surface area contributed by atoms with Crippen LogP contribution >= 0.6 is 15.9 Å². The predicted molar refractivity (Wildman–Crippen MR) is 79.1 cm³/mol. The molecule has 20 heavy (non-hydrogen) atoms. The average molecular weight is 336 g/mol. The van der Waals surface area contributed by atoms with Gasteiger partial charge in [0, 0.05) is 16.7 Å². The zero-order valence-electron chi connectivity index (χ0n) is 11.2. The van der Waals surface area contributed by atoms with Crippen molar-refractivity contribution in [2.75, 3.05) is 6.61 Å². The van der Waals surface area contributed by atoms with E-state index in [1.807, 2.05) is 25.1 Å². The first kappa shape index (κ1) is 14.5. The average Bonchev–Trinajstić information content (AvgIpc) is 2.44. The van der Waals surface area contributed by atoms with E-state index in [9.17, 15) is 4.79 Å². The van der Waals surface area contributed by atoms with Crippen LogP contribution in [-0.2, 0) is 4.74 Å². The molecule has 0 radical (unpaired) electrons. The first-order valence-corrected chi connectivity index (χ1v) is 6.96. The highest BCUT2D eigenvalue weighted by molar-refractivity contribution is 9.10. The minimum absolute atomic E-state index is 0.342. The van der Waals surface area contributed by atoms with E-state index in [0.29, 0.717) is 18.1 Å². The van der Waals surface area contributed by atoms with Crippen LogP contribution in [0.2, 0.25) is 0 Å². The molecule has 1 aromatic carbocycles. The van der Waals surface area contributed by atoms with Gasteiger partial charge in [-0.1, -0.05) is 22.0 Å². The summed E-state index contributed by atoms with van der Waals surface area (Å²) >= 11 is 3.40. The fourth-order valence-corrected chi connectivity index (χ4v) is 1.91. The van der Waals surface area contributed by atoms with Crippen molar-refractivity contribution in [1.29, 1.82) is 0 Å². The third kappa shape index (κ3) is 3.57. The molecule has 0 spiro atoms. The minimum atomic E-state index is -0.384. The van der Waals surface area contributed by atoms with E-state index in [4.69, 9.17) is 9.47 Å². The fraction of sp³-hybridized carbons (Fsp3) is 0.200. The van der Waals surface area contributed by atoms with E-state index in [0.717, 1.165) is 15.8 Å². The molecule has 0 aliphatic carbocycles. The number of aryl methyl sites for hydroxylation is 1. The number of carbonyl (C=O) groups is 1. The minimum Gasteiger partial charge on any atom is -0.462 e. The molecule has 0 atom stereocenters. The number of aromatic nitrogens is 1. The second kappa shape index (κ2) is 6.52. The number of pyridine rings is 1. The first-order valence-electron chi connectivity index (χ1n) is 6.17. The molecule has 5 heteroatoms. The van der Waals surface area contributed by atoms with Gasteiger partial charge in [0.2, 0.25) is 5.88 Å². The SMILES string of the molecule is CCOC(=O)c1ccc(Oc2cc(Br)ccc2C)nc1. The summed E-state index contributed by atoms with van der Waals surface area (Å²) in [4.78, 5) is 15.6. The van der Waals surface area contributed by atoms with Crippen LogP contribution < -0.4 is 4.74 Å². The summed E-state index contributed by atoms with van der Waals surface area (Å²) in [5, 5.41) is 0. The van der Waals surface area contributed by atoms with E-state index in [1.54, 1.807) is 19.1 Å². The third-order valence-corrected chi connectivity index (χ3v) is 3.11. The van der Waals surface area contributed by atoms with Crippen LogP contribution in [0.25, 0.3) is 0 Å². The largest absolute Gasteiger partial charge is 0.462 e. The molecule has 0 N–H and O–H groups in total. The predicted octanol–water partition coefficient (Wildman–Crippen LogP) is 4.12. The molecular formula is C15H14BrNO3. The highest BCUT2D eigenvalue weighted by Crippen LogP contribution is 2.27. The lowest BCUT2D eigenvalue weighted by atomic mass is 10.2. The maximum atomic E-state index is 11.5. The molecule has 0 saturated heterocycles. The standard InChI is InChI=1S/C15H14BrNO3/c1-3-19-15(18)11-5-7-14(17-9-11)20-13-8-12(16)6-4-10(13)2/h4-9H,3H2,1-2H3. The van der Waals surface area contributed by atoms with Crippen LogP contribution in [0.1, 0.15) is 22.8 Å². The van der Waals surface area contributed by atoms with Gasteiger partial charge in [-0.2, -0.15) is 0 Å². The number of ether oxygens (including phenoxy) is 2. The highest BCUT2D eigenvalue weighted by Gasteiger charge is 2.08. The van der Waals surface area contributed by atoms with Crippen molar-refractivity contribution in [2.24, 2.45) is 0 Å². The number of carbonyl (C=O) groups excluding carboxylic acids is 1. The van der Waals surface area contributed by atoms with Crippen molar-refractivity contribution >= 4 is 21.9 Å². The summed E-state index contributed by atoms with van der Waals surface area (Å²) in [6.07, 6.45) is 1.45. The van der Waals surface area contributed by atoms with Gasteiger partial charge in [0.1, 0.15) is 5.75 Å². The topological polar surface area (TPSA) is 48.4 Å². The van der Waals surface area contributed by atoms with Crippen molar-refractivity contribution in [1.82, 2.24) is 4.98 Å². The number of esters is 1. The zero-order chi connectivity index (χ0) is 14.5. The van der Waals surface area contributed by atoms with Crippen molar-refractivity contribution in [3.05, 3.63) is 52.1 Å². The second-order valence-electron chi connectivity index (χ2n) is 4.12. The Kier molecular flexibility index (Phi) is 4.74. The van der Waals surface area contributed by atoms with Gasteiger partial charge in [0.05, 0.1) is 12.2 Å². The Hall–Kier alpha value is -1.88. The van der Waals surface area contributed by atoms with Gasteiger partial charge in [-0.15, -0.1) is 0 Å². The number of hydrogen-bond donors (Lipinski definition) is 0. The van der Waals surface area contributed by atoms with Crippen LogP contribution in [-0.4, -0.2) is 17.6 Å². The Balaban J connectivity index is 2.14. The van der Waals surface area contributed by atoms with Gasteiger partial charge in [0.25, 0.3) is 0 Å². The number of benzene rings is 1. The molecule has 2 aromatic rings. The Morgan fingerprint density at radius 1 is 1.30 bits per heavy atom. The second-order valence-corrected chi connectivity index (χ2v) is 5.03. The van der Waals surface area contributed by atoms with Crippen LogP contribution in [0.4, 0.5) is 0 Å². The highest BCUT2D eigenvalue weighted by atomic mass is 79.9. The third-order valence-electron chi connectivity index (χ3n) is 2.61. The van der Waals surface area contributed by atoms with Crippen molar-refractivity contribution in [3.63, 3.8) is 0 Å². The zero-order valence-corrected chi connectivity index (χ0v) is 12.8. The number of rotatable bonds is 4. The number of nitrogens with zero attached hydrogens (tertiary/aromatic N) is 1. The molecule has 0 fully saturated rings. The molecule has 4 nitrogen and oxygen atoms in total. The van der Waals surface area contributed by atoms with Crippen LogP contribution in [0.5, 0.6) is 11.6 Å². The number of hydrogen-bond acceptors (Lipinski definition) is 4. The Morgan fingerprint density at radius 2 is 2.10 bits per heavy atom. The smallest absolute Gasteiger partial charge is 0.339 e. The first-order chi connectivity index (χ1) is 9.60. The maximum absolute atomic E-state index is 11.5. The van der Waals surface area contributed by atoms with E-state index in [2.05, 4.69) is 20.9 Å². The molecule has 1 heterocycles. The van der Waals surface area contributed by atoms with Gasteiger partial charge in [0.15, 0.2) is 0 Å². The van der Waals surface area contributed by atoms with Gasteiger partial charge >= 0.3 is 5.97 Å².